The third-order valence-electron chi connectivity index (χ3n) is 3.58. The highest BCUT2D eigenvalue weighted by Gasteiger charge is 2.32. The van der Waals surface area contributed by atoms with Gasteiger partial charge in [0.05, 0.1) is 5.92 Å². The molecule has 1 aliphatic rings. The fourth-order valence-electron chi connectivity index (χ4n) is 2.34. The Balaban J connectivity index is 2.50. The molecule has 0 saturated carbocycles. The molecule has 0 aromatic carbocycles. The summed E-state index contributed by atoms with van der Waals surface area (Å²) in [5, 5.41) is 9.13. The van der Waals surface area contributed by atoms with Crippen LogP contribution < -0.4 is 0 Å². The number of hydrogen-bond acceptors (Lipinski definition) is 2. The number of carboxylic acid groups (broad SMARTS) is 1. The van der Waals surface area contributed by atoms with Crippen molar-refractivity contribution in [2.75, 3.05) is 13.1 Å². The van der Waals surface area contributed by atoms with Crippen molar-refractivity contribution < 1.29 is 9.90 Å². The number of hydrogen-bond donors (Lipinski definition) is 1. The molecule has 0 unspecified atom stereocenters. The van der Waals surface area contributed by atoms with E-state index in [1.54, 1.807) is 0 Å². The van der Waals surface area contributed by atoms with Gasteiger partial charge in [-0.25, -0.2) is 0 Å². The van der Waals surface area contributed by atoms with Gasteiger partial charge in [-0.15, -0.1) is 0 Å². The van der Waals surface area contributed by atoms with Crippen molar-refractivity contribution in [1.29, 1.82) is 0 Å². The minimum Gasteiger partial charge on any atom is -0.481 e. The van der Waals surface area contributed by atoms with E-state index in [0.717, 1.165) is 32.4 Å². The smallest absolute Gasteiger partial charge is 0.308 e. The van der Waals surface area contributed by atoms with Crippen LogP contribution in [0.2, 0.25) is 0 Å². The van der Waals surface area contributed by atoms with Gasteiger partial charge in [0.1, 0.15) is 0 Å². The van der Waals surface area contributed by atoms with Gasteiger partial charge in [0.2, 0.25) is 0 Å². The summed E-state index contributed by atoms with van der Waals surface area (Å²) in [6, 6.07) is 0.189. The second-order valence-electron chi connectivity index (χ2n) is 6.17. The van der Waals surface area contributed by atoms with E-state index in [-0.39, 0.29) is 12.0 Å². The Morgan fingerprint density at radius 3 is 2.56 bits per heavy atom. The first kappa shape index (κ1) is 13.5. The molecule has 0 aromatic rings. The first-order chi connectivity index (χ1) is 7.31. The standard InChI is InChI=1S/C13H25NO2/c1-10-11(12(15)16)6-5-8-14(10)9-7-13(2,3)4/h10-11H,5-9H2,1-4H3,(H,15,16)/t10-,11-/m1/s1. The van der Waals surface area contributed by atoms with Crippen LogP contribution in [0.3, 0.4) is 0 Å². The number of piperidine rings is 1. The first-order valence-electron chi connectivity index (χ1n) is 6.28. The van der Waals surface area contributed by atoms with E-state index >= 15 is 0 Å². The van der Waals surface area contributed by atoms with Crippen molar-refractivity contribution >= 4 is 5.97 Å². The van der Waals surface area contributed by atoms with E-state index < -0.39 is 5.97 Å². The number of likely N-dealkylation sites (tertiary alicyclic amines) is 1. The van der Waals surface area contributed by atoms with Crippen molar-refractivity contribution in [2.45, 2.75) is 53.0 Å². The highest BCUT2D eigenvalue weighted by Crippen LogP contribution is 2.26. The molecule has 1 N–H and O–H groups in total. The molecule has 1 saturated heterocycles. The Kier molecular flexibility index (Phi) is 4.36. The largest absolute Gasteiger partial charge is 0.481 e. The van der Waals surface area contributed by atoms with Crippen LogP contribution in [-0.2, 0) is 4.79 Å². The summed E-state index contributed by atoms with van der Waals surface area (Å²) >= 11 is 0. The van der Waals surface area contributed by atoms with Crippen molar-refractivity contribution in [2.24, 2.45) is 11.3 Å². The fourth-order valence-corrected chi connectivity index (χ4v) is 2.34. The van der Waals surface area contributed by atoms with Crippen molar-refractivity contribution in [3.8, 4) is 0 Å². The molecule has 94 valence electrons. The van der Waals surface area contributed by atoms with E-state index in [1.807, 2.05) is 0 Å². The summed E-state index contributed by atoms with van der Waals surface area (Å²) in [5.74, 6) is -0.804. The molecule has 1 aliphatic heterocycles. The predicted molar refractivity (Wildman–Crippen MR) is 65.5 cm³/mol. The zero-order valence-electron chi connectivity index (χ0n) is 11.0. The average Bonchev–Trinajstić information content (AvgIpc) is 2.14. The van der Waals surface area contributed by atoms with Crippen LogP contribution in [-0.4, -0.2) is 35.1 Å². The molecule has 0 aliphatic carbocycles. The second-order valence-corrected chi connectivity index (χ2v) is 6.17. The topological polar surface area (TPSA) is 40.5 Å². The highest BCUT2D eigenvalue weighted by atomic mass is 16.4. The third kappa shape index (κ3) is 3.78. The van der Waals surface area contributed by atoms with E-state index in [1.165, 1.54) is 0 Å². The lowest BCUT2D eigenvalue weighted by atomic mass is 9.88. The summed E-state index contributed by atoms with van der Waals surface area (Å²) < 4.78 is 0. The van der Waals surface area contributed by atoms with Crippen LogP contribution in [0.1, 0.15) is 47.0 Å². The van der Waals surface area contributed by atoms with Crippen molar-refractivity contribution in [3.63, 3.8) is 0 Å². The normalized spacial score (nSPS) is 28.0. The van der Waals surface area contributed by atoms with Gasteiger partial charge in [0, 0.05) is 6.04 Å². The molecular formula is C13H25NO2. The fraction of sp³-hybridized carbons (Fsp3) is 0.923. The maximum Gasteiger partial charge on any atom is 0.308 e. The molecule has 2 atom stereocenters. The SMILES string of the molecule is C[C@@H]1[C@H](C(=O)O)CCCN1CCC(C)(C)C. The molecule has 1 rings (SSSR count). The van der Waals surface area contributed by atoms with Crippen LogP contribution in [0.4, 0.5) is 0 Å². The second kappa shape index (κ2) is 5.17. The molecule has 0 bridgehead atoms. The Bertz CT molecular complexity index is 245. The summed E-state index contributed by atoms with van der Waals surface area (Å²) in [6.07, 6.45) is 2.98. The minimum absolute atomic E-state index is 0.172. The number of carboxylic acids is 1. The molecule has 0 aromatic heterocycles. The zero-order chi connectivity index (χ0) is 12.3. The van der Waals surface area contributed by atoms with E-state index in [2.05, 4.69) is 32.6 Å². The Labute approximate surface area is 98.8 Å². The summed E-state index contributed by atoms with van der Waals surface area (Å²) in [4.78, 5) is 13.4. The summed E-state index contributed by atoms with van der Waals surface area (Å²) in [7, 11) is 0. The zero-order valence-corrected chi connectivity index (χ0v) is 11.0. The van der Waals surface area contributed by atoms with Gasteiger partial charge in [-0.2, -0.15) is 0 Å². The van der Waals surface area contributed by atoms with Gasteiger partial charge >= 0.3 is 5.97 Å². The van der Waals surface area contributed by atoms with Gasteiger partial charge in [-0.05, 0) is 44.7 Å². The molecule has 0 amide bonds. The van der Waals surface area contributed by atoms with Crippen LogP contribution in [0, 0.1) is 11.3 Å². The van der Waals surface area contributed by atoms with Gasteiger partial charge in [0.25, 0.3) is 0 Å². The predicted octanol–water partition coefficient (Wildman–Crippen LogP) is 2.61. The van der Waals surface area contributed by atoms with Crippen LogP contribution in [0.25, 0.3) is 0 Å². The quantitative estimate of drug-likeness (QED) is 0.805. The summed E-state index contributed by atoms with van der Waals surface area (Å²) in [6.45, 7) is 10.8. The van der Waals surface area contributed by atoms with Crippen molar-refractivity contribution in [1.82, 2.24) is 4.90 Å². The lowest BCUT2D eigenvalue weighted by molar-refractivity contribution is -0.145. The van der Waals surface area contributed by atoms with Gasteiger partial charge in [0.15, 0.2) is 0 Å². The van der Waals surface area contributed by atoms with E-state index in [0.29, 0.717) is 5.41 Å². The van der Waals surface area contributed by atoms with Gasteiger partial charge in [-0.3, -0.25) is 9.69 Å². The highest BCUT2D eigenvalue weighted by molar-refractivity contribution is 5.70. The lowest BCUT2D eigenvalue weighted by Crippen LogP contribution is -2.47. The molecule has 16 heavy (non-hydrogen) atoms. The number of aliphatic carboxylic acids is 1. The molecular weight excluding hydrogens is 202 g/mol. The van der Waals surface area contributed by atoms with E-state index in [4.69, 9.17) is 5.11 Å². The maximum atomic E-state index is 11.1. The van der Waals surface area contributed by atoms with Crippen molar-refractivity contribution in [3.05, 3.63) is 0 Å². The monoisotopic (exact) mass is 227 g/mol. The maximum absolute atomic E-state index is 11.1. The third-order valence-corrected chi connectivity index (χ3v) is 3.58. The number of carbonyl (C=O) groups is 1. The molecule has 3 nitrogen and oxygen atoms in total. The number of nitrogens with zero attached hydrogens (tertiary/aromatic N) is 1. The Morgan fingerprint density at radius 1 is 1.44 bits per heavy atom. The van der Waals surface area contributed by atoms with E-state index in [9.17, 15) is 4.79 Å². The first-order valence-corrected chi connectivity index (χ1v) is 6.28. The van der Waals surface area contributed by atoms with Crippen LogP contribution >= 0.6 is 0 Å². The molecule has 3 heteroatoms. The lowest BCUT2D eigenvalue weighted by Gasteiger charge is -2.38. The van der Waals surface area contributed by atoms with Crippen LogP contribution in [0.5, 0.6) is 0 Å². The molecule has 1 fully saturated rings. The Morgan fingerprint density at radius 2 is 2.06 bits per heavy atom. The van der Waals surface area contributed by atoms with Gasteiger partial charge in [-0.1, -0.05) is 20.8 Å². The molecule has 0 spiro atoms. The summed E-state index contributed by atoms with van der Waals surface area (Å²) in [5.41, 5.74) is 0.329. The molecule has 1 heterocycles. The van der Waals surface area contributed by atoms with Crippen LogP contribution in [0.15, 0.2) is 0 Å². The van der Waals surface area contributed by atoms with Gasteiger partial charge < -0.3 is 5.11 Å². The minimum atomic E-state index is -0.632. The Hall–Kier alpha value is -0.570. The average molecular weight is 227 g/mol. The molecule has 0 radical (unpaired) electrons. The number of rotatable bonds is 3.